The quantitative estimate of drug-likeness (QED) is 0.544. The lowest BCUT2D eigenvalue weighted by molar-refractivity contribution is 0.181. The van der Waals surface area contributed by atoms with Gasteiger partial charge in [-0.15, -0.1) is 0 Å². The van der Waals surface area contributed by atoms with E-state index in [9.17, 15) is 0 Å². The van der Waals surface area contributed by atoms with Crippen molar-refractivity contribution in [2.75, 3.05) is 0 Å². The van der Waals surface area contributed by atoms with E-state index in [0.717, 1.165) is 11.8 Å². The average Bonchev–Trinajstić information content (AvgIpc) is 2.37. The van der Waals surface area contributed by atoms with Crippen LogP contribution in [0, 0.1) is 17.3 Å². The van der Waals surface area contributed by atoms with E-state index in [0.29, 0.717) is 11.5 Å². The van der Waals surface area contributed by atoms with Crippen LogP contribution in [0.15, 0.2) is 0 Å². The molecule has 2 rings (SSSR count). The summed E-state index contributed by atoms with van der Waals surface area (Å²) in [5.41, 5.74) is 6.55. The van der Waals surface area contributed by atoms with Gasteiger partial charge in [0.2, 0.25) is 0 Å². The van der Waals surface area contributed by atoms with Crippen molar-refractivity contribution < 1.29 is 0 Å². The SMILES string of the molecule is CC1(C)C2CC[C@H](C2)[C@H]1N. The highest BCUT2D eigenvalue weighted by atomic mass is 14.8. The number of rotatable bonds is 0. The van der Waals surface area contributed by atoms with E-state index in [1.54, 1.807) is 0 Å². The molecule has 2 bridgehead atoms. The molecule has 3 atom stereocenters. The van der Waals surface area contributed by atoms with Crippen molar-refractivity contribution in [3.63, 3.8) is 0 Å². The largest absolute Gasteiger partial charge is 0.327 e. The monoisotopic (exact) mass is 139 g/mol. The van der Waals surface area contributed by atoms with Crippen LogP contribution in [-0.4, -0.2) is 6.04 Å². The van der Waals surface area contributed by atoms with Crippen molar-refractivity contribution in [1.29, 1.82) is 0 Å². The van der Waals surface area contributed by atoms with E-state index in [4.69, 9.17) is 5.73 Å². The molecule has 0 aromatic rings. The molecule has 0 aliphatic heterocycles. The van der Waals surface area contributed by atoms with Crippen LogP contribution in [0.5, 0.6) is 0 Å². The van der Waals surface area contributed by atoms with Gasteiger partial charge in [0.15, 0.2) is 0 Å². The smallest absolute Gasteiger partial charge is 0.0121 e. The van der Waals surface area contributed by atoms with Crippen LogP contribution in [0.3, 0.4) is 0 Å². The van der Waals surface area contributed by atoms with Crippen LogP contribution in [0.25, 0.3) is 0 Å². The Bertz CT molecular complexity index is 147. The summed E-state index contributed by atoms with van der Waals surface area (Å²) >= 11 is 0. The summed E-state index contributed by atoms with van der Waals surface area (Å²) in [6.07, 6.45) is 4.24. The van der Waals surface area contributed by atoms with E-state index in [1.165, 1.54) is 19.3 Å². The molecule has 0 amide bonds. The molecule has 0 spiro atoms. The zero-order chi connectivity index (χ0) is 7.35. The standard InChI is InChI=1S/C9H17N/c1-9(2)7-4-3-6(5-7)8(9)10/h6-8H,3-5,10H2,1-2H3/t6-,7?,8-/m1/s1. The Labute approximate surface area is 63.0 Å². The van der Waals surface area contributed by atoms with E-state index >= 15 is 0 Å². The molecule has 10 heavy (non-hydrogen) atoms. The summed E-state index contributed by atoms with van der Waals surface area (Å²) in [4.78, 5) is 0. The van der Waals surface area contributed by atoms with E-state index in [-0.39, 0.29) is 0 Å². The van der Waals surface area contributed by atoms with Gasteiger partial charge >= 0.3 is 0 Å². The second-order valence-corrected chi connectivity index (χ2v) is 4.62. The van der Waals surface area contributed by atoms with Gasteiger partial charge in [0.05, 0.1) is 0 Å². The van der Waals surface area contributed by atoms with Crippen molar-refractivity contribution in [2.24, 2.45) is 23.0 Å². The molecule has 2 aliphatic carbocycles. The Kier molecular flexibility index (Phi) is 1.17. The van der Waals surface area contributed by atoms with Gasteiger partial charge < -0.3 is 5.73 Å². The lowest BCUT2D eigenvalue weighted by atomic mass is 9.73. The normalized spacial score (nSPS) is 50.1. The van der Waals surface area contributed by atoms with Gasteiger partial charge in [-0.1, -0.05) is 13.8 Å². The molecular weight excluding hydrogens is 122 g/mol. The first-order chi connectivity index (χ1) is 4.62. The minimum absolute atomic E-state index is 0.447. The van der Waals surface area contributed by atoms with Crippen LogP contribution >= 0.6 is 0 Å². The third kappa shape index (κ3) is 0.619. The summed E-state index contributed by atoms with van der Waals surface area (Å²) < 4.78 is 0. The van der Waals surface area contributed by atoms with Gasteiger partial charge in [-0.3, -0.25) is 0 Å². The summed E-state index contributed by atoms with van der Waals surface area (Å²) in [5, 5.41) is 0. The molecule has 1 unspecified atom stereocenters. The van der Waals surface area contributed by atoms with E-state index in [2.05, 4.69) is 13.8 Å². The molecule has 1 nitrogen and oxygen atoms in total. The molecule has 0 aromatic heterocycles. The zero-order valence-electron chi connectivity index (χ0n) is 6.93. The first kappa shape index (κ1) is 6.66. The minimum Gasteiger partial charge on any atom is -0.327 e. The van der Waals surface area contributed by atoms with Crippen molar-refractivity contribution in [2.45, 2.75) is 39.2 Å². The molecule has 0 radical (unpaired) electrons. The maximum Gasteiger partial charge on any atom is 0.0121 e. The minimum atomic E-state index is 0.447. The Hall–Kier alpha value is -0.0400. The predicted octanol–water partition coefficient (Wildman–Crippen LogP) is 1.77. The second-order valence-electron chi connectivity index (χ2n) is 4.62. The fourth-order valence-corrected chi connectivity index (χ4v) is 2.90. The Morgan fingerprint density at radius 1 is 1.30 bits per heavy atom. The third-order valence-corrected chi connectivity index (χ3v) is 3.89. The first-order valence-corrected chi connectivity index (χ1v) is 4.38. The van der Waals surface area contributed by atoms with Crippen molar-refractivity contribution >= 4 is 0 Å². The lowest BCUT2D eigenvalue weighted by Gasteiger charge is -2.35. The van der Waals surface area contributed by atoms with Crippen LogP contribution in [-0.2, 0) is 0 Å². The van der Waals surface area contributed by atoms with Gasteiger partial charge in [0.25, 0.3) is 0 Å². The van der Waals surface area contributed by atoms with Crippen molar-refractivity contribution in [1.82, 2.24) is 0 Å². The molecular formula is C9H17N. The summed E-state index contributed by atoms with van der Waals surface area (Å²) in [6, 6.07) is 0.492. The van der Waals surface area contributed by atoms with Gasteiger partial charge in [-0.05, 0) is 36.5 Å². The highest BCUT2D eigenvalue weighted by Gasteiger charge is 2.50. The van der Waals surface area contributed by atoms with Gasteiger partial charge in [-0.2, -0.15) is 0 Å². The van der Waals surface area contributed by atoms with Crippen LogP contribution in [0.2, 0.25) is 0 Å². The maximum atomic E-state index is 6.10. The summed E-state index contributed by atoms with van der Waals surface area (Å²) in [7, 11) is 0. The van der Waals surface area contributed by atoms with Gasteiger partial charge in [0, 0.05) is 6.04 Å². The van der Waals surface area contributed by atoms with E-state index in [1.807, 2.05) is 0 Å². The van der Waals surface area contributed by atoms with Crippen LogP contribution in [0.4, 0.5) is 0 Å². The van der Waals surface area contributed by atoms with Crippen LogP contribution < -0.4 is 5.73 Å². The first-order valence-electron chi connectivity index (χ1n) is 4.38. The molecule has 2 aliphatic rings. The van der Waals surface area contributed by atoms with E-state index < -0.39 is 0 Å². The Balaban J connectivity index is 2.25. The second kappa shape index (κ2) is 1.76. The third-order valence-electron chi connectivity index (χ3n) is 3.89. The molecule has 0 heterocycles. The predicted molar refractivity (Wildman–Crippen MR) is 42.6 cm³/mol. The highest BCUT2D eigenvalue weighted by molar-refractivity contribution is 5.04. The number of hydrogen-bond donors (Lipinski definition) is 1. The molecule has 0 saturated heterocycles. The van der Waals surface area contributed by atoms with Gasteiger partial charge in [0.1, 0.15) is 0 Å². The summed E-state index contributed by atoms with van der Waals surface area (Å²) in [5.74, 6) is 1.80. The number of fused-ring (bicyclic) bond motifs is 2. The Morgan fingerprint density at radius 2 is 2.00 bits per heavy atom. The van der Waals surface area contributed by atoms with Crippen molar-refractivity contribution in [3.05, 3.63) is 0 Å². The molecule has 58 valence electrons. The zero-order valence-corrected chi connectivity index (χ0v) is 6.93. The van der Waals surface area contributed by atoms with Gasteiger partial charge in [-0.25, -0.2) is 0 Å². The highest BCUT2D eigenvalue weighted by Crippen LogP contribution is 2.54. The molecule has 2 N–H and O–H groups in total. The fourth-order valence-electron chi connectivity index (χ4n) is 2.90. The van der Waals surface area contributed by atoms with Crippen molar-refractivity contribution in [3.8, 4) is 0 Å². The number of hydrogen-bond acceptors (Lipinski definition) is 1. The lowest BCUT2D eigenvalue weighted by Crippen LogP contribution is -2.42. The molecule has 2 saturated carbocycles. The fraction of sp³-hybridized carbons (Fsp3) is 1.00. The maximum absolute atomic E-state index is 6.10. The molecule has 1 heteroatoms. The molecule has 0 aromatic carbocycles. The molecule has 2 fully saturated rings. The Morgan fingerprint density at radius 3 is 2.30 bits per heavy atom. The topological polar surface area (TPSA) is 26.0 Å². The number of nitrogens with two attached hydrogens (primary N) is 1. The van der Waals surface area contributed by atoms with Crippen LogP contribution in [0.1, 0.15) is 33.1 Å². The average molecular weight is 139 g/mol. The summed E-state index contributed by atoms with van der Waals surface area (Å²) in [6.45, 7) is 4.67.